The van der Waals surface area contributed by atoms with Crippen LogP contribution in [0.25, 0.3) is 0 Å². The highest BCUT2D eigenvalue weighted by Gasteiger charge is 2.41. The molecule has 142 valence electrons. The van der Waals surface area contributed by atoms with Crippen LogP contribution in [0, 0.1) is 0 Å². The Morgan fingerprint density at radius 2 is 2.00 bits per heavy atom. The molecule has 1 heterocycles. The van der Waals surface area contributed by atoms with Crippen LogP contribution in [0.2, 0.25) is 0 Å². The molecule has 0 atom stereocenters. The van der Waals surface area contributed by atoms with Gasteiger partial charge in [0.1, 0.15) is 6.54 Å². The summed E-state index contributed by atoms with van der Waals surface area (Å²) in [6, 6.07) is 0. The molecule has 1 aliphatic heterocycles. The van der Waals surface area contributed by atoms with Crippen LogP contribution in [0.15, 0.2) is 4.99 Å². The molecular weight excluding hydrogens is 447 g/mol. The summed E-state index contributed by atoms with van der Waals surface area (Å²) in [5, 5.41) is 3.14. The number of ether oxygens (including phenoxy) is 1. The van der Waals surface area contributed by atoms with Gasteiger partial charge in [0.2, 0.25) is 5.91 Å². The summed E-state index contributed by atoms with van der Waals surface area (Å²) in [6.45, 7) is 5.18. The third-order valence-electron chi connectivity index (χ3n) is 3.80. The average molecular weight is 476 g/mol. The second-order valence-electron chi connectivity index (χ2n) is 6.35. The minimum absolute atomic E-state index is 0. The van der Waals surface area contributed by atoms with Crippen molar-refractivity contribution in [3.63, 3.8) is 0 Å². The maximum absolute atomic E-state index is 12.1. The van der Waals surface area contributed by atoms with Gasteiger partial charge in [-0.25, -0.2) is 13.4 Å². The van der Waals surface area contributed by atoms with E-state index in [1.54, 1.807) is 35.1 Å². The van der Waals surface area contributed by atoms with Crippen LogP contribution in [0.3, 0.4) is 0 Å². The van der Waals surface area contributed by atoms with Crippen molar-refractivity contribution in [2.45, 2.75) is 18.6 Å². The molecule has 1 saturated heterocycles. The van der Waals surface area contributed by atoms with E-state index < -0.39 is 14.6 Å². The molecule has 1 fully saturated rings. The molecule has 0 radical (unpaired) electrons. The van der Waals surface area contributed by atoms with Gasteiger partial charge in [-0.2, -0.15) is 0 Å². The molecule has 10 heteroatoms. The van der Waals surface area contributed by atoms with Crippen molar-refractivity contribution in [2.24, 2.45) is 4.99 Å². The molecular formula is C14H29IN4O4S. The van der Waals surface area contributed by atoms with Crippen LogP contribution in [-0.4, -0.2) is 94.6 Å². The van der Waals surface area contributed by atoms with Crippen LogP contribution in [0.1, 0.15) is 13.8 Å². The largest absolute Gasteiger partial charge is 0.383 e. The Morgan fingerprint density at radius 3 is 2.50 bits per heavy atom. The van der Waals surface area contributed by atoms with Gasteiger partial charge >= 0.3 is 0 Å². The van der Waals surface area contributed by atoms with E-state index in [-0.39, 0.29) is 42.2 Å². The first-order valence-corrected chi connectivity index (χ1v) is 9.20. The van der Waals surface area contributed by atoms with Gasteiger partial charge in [-0.3, -0.25) is 4.79 Å². The minimum atomic E-state index is -3.12. The third kappa shape index (κ3) is 6.36. The van der Waals surface area contributed by atoms with Gasteiger partial charge < -0.3 is 19.9 Å². The molecule has 0 aliphatic carbocycles. The number of nitrogens with one attached hydrogen (secondary N) is 1. The number of sulfone groups is 1. The number of hydrogen-bond acceptors (Lipinski definition) is 5. The van der Waals surface area contributed by atoms with Gasteiger partial charge in [0.25, 0.3) is 0 Å². The zero-order valence-corrected chi connectivity index (χ0v) is 18.2. The van der Waals surface area contributed by atoms with Crippen molar-refractivity contribution in [2.75, 3.05) is 59.7 Å². The Kier molecular flexibility index (Phi) is 9.51. The average Bonchev–Trinajstić information content (AvgIpc) is 2.45. The Bertz CT molecular complexity index is 549. The normalized spacial score (nSPS) is 19.4. The summed E-state index contributed by atoms with van der Waals surface area (Å²) in [5.41, 5.74) is 0. The highest BCUT2D eigenvalue weighted by molar-refractivity contribution is 14.0. The number of likely N-dealkylation sites (N-methyl/N-ethyl adjacent to an activating group) is 1. The molecule has 0 aromatic rings. The standard InChI is InChI=1S/C14H28N4O4S.HI/c1-14(2)11-18(7-9-23(14,20)21)13(15-6-8-22-5)16-10-12(19)17(3)4;/h6-11H2,1-5H3,(H,15,16);1H. The highest BCUT2D eigenvalue weighted by Crippen LogP contribution is 2.23. The lowest BCUT2D eigenvalue weighted by Crippen LogP contribution is -2.57. The first-order valence-electron chi connectivity index (χ1n) is 7.55. The zero-order chi connectivity index (χ0) is 17.7. The molecule has 0 bridgehead atoms. The Hall–Kier alpha value is -0.620. The maximum Gasteiger partial charge on any atom is 0.243 e. The number of rotatable bonds is 5. The van der Waals surface area contributed by atoms with Gasteiger partial charge in [-0.15, -0.1) is 24.0 Å². The predicted molar refractivity (Wildman–Crippen MR) is 106 cm³/mol. The van der Waals surface area contributed by atoms with Gasteiger partial charge in [0.15, 0.2) is 15.8 Å². The predicted octanol–water partition coefficient (Wildman–Crippen LogP) is -0.206. The first-order chi connectivity index (χ1) is 10.6. The summed E-state index contributed by atoms with van der Waals surface area (Å²) in [6.07, 6.45) is 0. The van der Waals surface area contributed by atoms with Crippen molar-refractivity contribution in [3.05, 3.63) is 0 Å². The molecule has 1 aliphatic rings. The Morgan fingerprint density at radius 1 is 1.38 bits per heavy atom. The fourth-order valence-electron chi connectivity index (χ4n) is 2.14. The molecule has 1 amide bonds. The van der Waals surface area contributed by atoms with Crippen molar-refractivity contribution in [3.8, 4) is 0 Å². The van der Waals surface area contributed by atoms with Crippen LogP contribution in [0.5, 0.6) is 0 Å². The number of carbonyl (C=O) groups is 1. The topological polar surface area (TPSA) is 91.3 Å². The lowest BCUT2D eigenvalue weighted by molar-refractivity contribution is -0.127. The number of nitrogens with zero attached hydrogens (tertiary/aromatic N) is 3. The van der Waals surface area contributed by atoms with E-state index in [2.05, 4.69) is 10.3 Å². The number of guanidine groups is 1. The van der Waals surface area contributed by atoms with Crippen LogP contribution < -0.4 is 5.32 Å². The van der Waals surface area contributed by atoms with Gasteiger partial charge in [-0.1, -0.05) is 0 Å². The van der Waals surface area contributed by atoms with E-state index in [0.29, 0.717) is 32.2 Å². The number of aliphatic imine (C=N–C) groups is 1. The van der Waals surface area contributed by atoms with Crippen molar-refractivity contribution < 1.29 is 17.9 Å². The summed E-state index contributed by atoms with van der Waals surface area (Å²) in [4.78, 5) is 19.4. The zero-order valence-electron chi connectivity index (χ0n) is 15.0. The molecule has 1 N–H and O–H groups in total. The molecule has 1 rings (SSSR count). The Balaban J connectivity index is 0.00000529. The number of halogens is 1. The molecule has 0 spiro atoms. The van der Waals surface area contributed by atoms with Gasteiger partial charge in [0, 0.05) is 40.8 Å². The fraction of sp³-hybridized carbons (Fsp3) is 0.857. The first kappa shape index (κ1) is 23.4. The third-order valence-corrected chi connectivity index (χ3v) is 6.33. The SMILES string of the molecule is COCCNC(=NCC(=O)N(C)C)N1CCS(=O)(=O)C(C)(C)C1.I. The number of hydrogen-bond donors (Lipinski definition) is 1. The lowest BCUT2D eigenvalue weighted by Gasteiger charge is -2.39. The number of carbonyl (C=O) groups excluding carboxylic acids is 1. The van der Waals surface area contributed by atoms with E-state index in [9.17, 15) is 13.2 Å². The Labute approximate surface area is 161 Å². The number of amides is 1. The molecule has 8 nitrogen and oxygen atoms in total. The molecule has 0 unspecified atom stereocenters. The van der Waals surface area contributed by atoms with Gasteiger partial charge in [0.05, 0.1) is 17.1 Å². The lowest BCUT2D eigenvalue weighted by atomic mass is 10.2. The van der Waals surface area contributed by atoms with E-state index >= 15 is 0 Å². The fourth-order valence-corrected chi connectivity index (χ4v) is 3.51. The van der Waals surface area contributed by atoms with Crippen LogP contribution >= 0.6 is 24.0 Å². The molecule has 0 aromatic heterocycles. The minimum Gasteiger partial charge on any atom is -0.383 e. The van der Waals surface area contributed by atoms with Gasteiger partial charge in [-0.05, 0) is 13.8 Å². The van der Waals surface area contributed by atoms with E-state index in [0.717, 1.165) is 0 Å². The smallest absolute Gasteiger partial charge is 0.243 e. The van der Waals surface area contributed by atoms with Crippen LogP contribution in [0.4, 0.5) is 0 Å². The highest BCUT2D eigenvalue weighted by atomic mass is 127. The van der Waals surface area contributed by atoms with Crippen molar-refractivity contribution >= 4 is 45.7 Å². The summed E-state index contributed by atoms with van der Waals surface area (Å²) in [7, 11) is 1.83. The summed E-state index contributed by atoms with van der Waals surface area (Å²) >= 11 is 0. The number of methoxy groups -OCH3 is 1. The van der Waals surface area contributed by atoms with E-state index in [1.165, 1.54) is 4.90 Å². The van der Waals surface area contributed by atoms with Crippen molar-refractivity contribution in [1.82, 2.24) is 15.1 Å². The maximum atomic E-state index is 12.1. The second kappa shape index (κ2) is 9.76. The van der Waals surface area contributed by atoms with Crippen molar-refractivity contribution in [1.29, 1.82) is 0 Å². The summed E-state index contributed by atoms with van der Waals surface area (Å²) < 4.78 is 28.4. The monoisotopic (exact) mass is 476 g/mol. The van der Waals surface area contributed by atoms with E-state index in [1.807, 2.05) is 4.90 Å². The molecule has 0 aromatic carbocycles. The van der Waals surface area contributed by atoms with Crippen LogP contribution in [-0.2, 0) is 19.4 Å². The van der Waals surface area contributed by atoms with E-state index in [4.69, 9.17) is 4.74 Å². The molecule has 0 saturated carbocycles. The quantitative estimate of drug-likeness (QED) is 0.256. The molecule has 24 heavy (non-hydrogen) atoms. The summed E-state index contributed by atoms with van der Waals surface area (Å²) in [5.74, 6) is 0.507. The second-order valence-corrected chi connectivity index (χ2v) is 9.09.